The molecule has 1 saturated heterocycles. The van der Waals surface area contributed by atoms with Crippen LogP contribution in [0.15, 0.2) is 24.3 Å². The molecule has 0 spiro atoms. The third kappa shape index (κ3) is 2.77. The van der Waals surface area contributed by atoms with Crippen molar-refractivity contribution in [3.8, 4) is 6.07 Å². The minimum absolute atomic E-state index is 0.264. The Balaban J connectivity index is 1.81. The zero-order valence-corrected chi connectivity index (χ0v) is 15.4. The molecule has 1 aromatic heterocycles. The second-order valence-electron chi connectivity index (χ2n) is 7.98. The lowest BCUT2D eigenvalue weighted by Gasteiger charge is -2.52. The molecule has 0 saturated carbocycles. The summed E-state index contributed by atoms with van der Waals surface area (Å²) in [6, 6.07) is 11.7. The van der Waals surface area contributed by atoms with E-state index in [0.717, 1.165) is 12.8 Å². The number of nitrogens with zero attached hydrogens (tertiary/aromatic N) is 2. The normalized spacial score (nSPS) is 26.2. The maximum absolute atomic E-state index is 9.27. The van der Waals surface area contributed by atoms with Gasteiger partial charge in [-0.2, -0.15) is 5.26 Å². The molecule has 1 aromatic carbocycles. The van der Waals surface area contributed by atoms with Crippen LogP contribution in [0.2, 0.25) is 0 Å². The summed E-state index contributed by atoms with van der Waals surface area (Å²) in [5.74, 6) is 0. The average molecular weight is 335 g/mol. The van der Waals surface area contributed by atoms with Crippen LogP contribution in [0, 0.1) is 16.7 Å². The Bertz CT molecular complexity index is 784. The molecule has 2 aliphatic rings. The molecule has 2 atom stereocenters. The van der Waals surface area contributed by atoms with Gasteiger partial charge in [0.25, 0.3) is 0 Å². The van der Waals surface area contributed by atoms with Crippen molar-refractivity contribution in [1.82, 2.24) is 9.88 Å². The first-order valence-electron chi connectivity index (χ1n) is 9.99. The Morgan fingerprint density at radius 3 is 3.00 bits per heavy atom. The Hall–Kier alpha value is -1.79. The minimum atomic E-state index is 0.264. The predicted molar refractivity (Wildman–Crippen MR) is 102 cm³/mol. The Morgan fingerprint density at radius 2 is 2.16 bits per heavy atom. The number of benzene rings is 1. The van der Waals surface area contributed by atoms with Crippen LogP contribution in [0.1, 0.15) is 69.2 Å². The molecule has 25 heavy (non-hydrogen) atoms. The quantitative estimate of drug-likeness (QED) is 0.801. The molecule has 3 nitrogen and oxygen atoms in total. The number of piperidine rings is 1. The zero-order valence-electron chi connectivity index (χ0n) is 15.4. The number of hydrogen-bond donors (Lipinski definition) is 1. The van der Waals surface area contributed by atoms with Crippen molar-refractivity contribution >= 4 is 10.9 Å². The van der Waals surface area contributed by atoms with Gasteiger partial charge in [-0.3, -0.25) is 4.90 Å². The van der Waals surface area contributed by atoms with Crippen molar-refractivity contribution in [3.05, 3.63) is 35.5 Å². The predicted octanol–water partition coefficient (Wildman–Crippen LogP) is 5.34. The van der Waals surface area contributed by atoms with Crippen LogP contribution in [-0.4, -0.2) is 23.0 Å². The van der Waals surface area contributed by atoms with E-state index in [4.69, 9.17) is 0 Å². The van der Waals surface area contributed by atoms with E-state index in [2.05, 4.69) is 47.1 Å². The van der Waals surface area contributed by atoms with Crippen LogP contribution in [-0.2, 0) is 6.42 Å². The summed E-state index contributed by atoms with van der Waals surface area (Å²) in [6.45, 7) is 4.66. The van der Waals surface area contributed by atoms with Gasteiger partial charge in [-0.15, -0.1) is 0 Å². The highest BCUT2D eigenvalue weighted by atomic mass is 15.2. The van der Waals surface area contributed by atoms with Crippen LogP contribution < -0.4 is 0 Å². The molecule has 0 aliphatic carbocycles. The number of rotatable bonds is 5. The van der Waals surface area contributed by atoms with E-state index in [-0.39, 0.29) is 5.41 Å². The van der Waals surface area contributed by atoms with E-state index in [1.807, 2.05) is 0 Å². The van der Waals surface area contributed by atoms with E-state index in [9.17, 15) is 5.26 Å². The van der Waals surface area contributed by atoms with Crippen molar-refractivity contribution in [2.45, 2.75) is 64.3 Å². The second-order valence-corrected chi connectivity index (χ2v) is 7.98. The minimum Gasteiger partial charge on any atom is -0.357 e. The van der Waals surface area contributed by atoms with Crippen molar-refractivity contribution in [3.63, 3.8) is 0 Å². The summed E-state index contributed by atoms with van der Waals surface area (Å²) in [6.07, 6.45) is 9.18. The van der Waals surface area contributed by atoms with Crippen LogP contribution in [0.4, 0.5) is 0 Å². The number of nitrogens with one attached hydrogen (secondary N) is 1. The highest BCUT2D eigenvalue weighted by molar-refractivity contribution is 5.85. The molecule has 132 valence electrons. The Labute approximate surface area is 151 Å². The molecule has 0 bridgehead atoms. The van der Waals surface area contributed by atoms with E-state index in [1.165, 1.54) is 67.4 Å². The van der Waals surface area contributed by atoms with Gasteiger partial charge in [0.15, 0.2) is 0 Å². The van der Waals surface area contributed by atoms with Crippen LogP contribution >= 0.6 is 0 Å². The summed E-state index contributed by atoms with van der Waals surface area (Å²) in [5, 5.41) is 10.7. The summed E-state index contributed by atoms with van der Waals surface area (Å²) < 4.78 is 0. The van der Waals surface area contributed by atoms with Gasteiger partial charge < -0.3 is 4.98 Å². The number of H-pyrrole nitrogens is 1. The van der Waals surface area contributed by atoms with Crippen LogP contribution in [0.25, 0.3) is 10.9 Å². The highest BCUT2D eigenvalue weighted by Gasteiger charge is 2.47. The highest BCUT2D eigenvalue weighted by Crippen LogP contribution is 2.54. The van der Waals surface area contributed by atoms with Crippen LogP contribution in [0.3, 0.4) is 0 Å². The smallest absolute Gasteiger partial charge is 0.0621 e. The molecule has 3 heterocycles. The standard InChI is InChI=1S/C22H29N3/c1-2-3-11-22(12-6-14-23)13-7-15-25-16-10-18-17-8-4-5-9-19(17)24-20(18)21(22)25/h4-5,8-9,21,24H,2-3,6-7,10-13,15-16H2,1H3. The molecule has 2 aliphatic heterocycles. The average Bonchev–Trinajstić information content (AvgIpc) is 3.03. The van der Waals surface area contributed by atoms with Gasteiger partial charge in [-0.05, 0) is 55.7 Å². The summed E-state index contributed by atoms with van der Waals surface area (Å²) in [7, 11) is 0. The number of nitriles is 1. The maximum Gasteiger partial charge on any atom is 0.0621 e. The summed E-state index contributed by atoms with van der Waals surface area (Å²) >= 11 is 0. The molecular weight excluding hydrogens is 306 g/mol. The van der Waals surface area contributed by atoms with Gasteiger partial charge in [-0.25, -0.2) is 0 Å². The summed E-state index contributed by atoms with van der Waals surface area (Å²) in [5.41, 5.74) is 4.54. The molecule has 2 unspecified atom stereocenters. The number of aromatic nitrogens is 1. The van der Waals surface area contributed by atoms with E-state index >= 15 is 0 Å². The van der Waals surface area contributed by atoms with Gasteiger partial charge in [-0.1, -0.05) is 38.0 Å². The lowest BCUT2D eigenvalue weighted by Crippen LogP contribution is -2.49. The molecule has 1 fully saturated rings. The van der Waals surface area contributed by atoms with Gasteiger partial charge in [0.1, 0.15) is 0 Å². The Morgan fingerprint density at radius 1 is 1.28 bits per heavy atom. The van der Waals surface area contributed by atoms with Crippen LogP contribution in [0.5, 0.6) is 0 Å². The number of unbranched alkanes of at least 4 members (excludes halogenated alkanes) is 1. The molecule has 4 rings (SSSR count). The lowest BCUT2D eigenvalue weighted by atomic mass is 9.64. The fraction of sp³-hybridized carbons (Fsp3) is 0.591. The van der Waals surface area contributed by atoms with Crippen molar-refractivity contribution in [2.24, 2.45) is 5.41 Å². The number of aromatic amines is 1. The molecule has 3 heteroatoms. The molecule has 0 radical (unpaired) electrons. The molecule has 1 N–H and O–H groups in total. The topological polar surface area (TPSA) is 42.8 Å². The zero-order chi connectivity index (χ0) is 17.3. The number of fused-ring (bicyclic) bond motifs is 5. The number of para-hydroxylation sites is 1. The first kappa shape index (κ1) is 16.7. The largest absolute Gasteiger partial charge is 0.357 e. The van der Waals surface area contributed by atoms with Gasteiger partial charge in [0.2, 0.25) is 0 Å². The monoisotopic (exact) mass is 335 g/mol. The third-order valence-electron chi connectivity index (χ3n) is 6.60. The van der Waals surface area contributed by atoms with E-state index < -0.39 is 0 Å². The first-order chi connectivity index (χ1) is 12.3. The molecule has 0 amide bonds. The van der Waals surface area contributed by atoms with Gasteiger partial charge >= 0.3 is 0 Å². The van der Waals surface area contributed by atoms with Crippen molar-refractivity contribution in [1.29, 1.82) is 5.26 Å². The SMILES string of the molecule is CCCCC1(CCC#N)CCCN2CCc3c([nH]c4ccccc34)C21. The molecule has 2 aromatic rings. The van der Waals surface area contributed by atoms with Gasteiger partial charge in [0, 0.05) is 29.6 Å². The second kappa shape index (κ2) is 6.84. The van der Waals surface area contributed by atoms with Gasteiger partial charge in [0.05, 0.1) is 12.1 Å². The fourth-order valence-corrected chi connectivity index (χ4v) is 5.48. The number of hydrogen-bond acceptors (Lipinski definition) is 2. The Kier molecular flexibility index (Phi) is 4.56. The van der Waals surface area contributed by atoms with E-state index in [0.29, 0.717) is 12.5 Å². The maximum atomic E-state index is 9.27. The first-order valence-corrected chi connectivity index (χ1v) is 9.99. The van der Waals surface area contributed by atoms with Crippen molar-refractivity contribution in [2.75, 3.05) is 13.1 Å². The van der Waals surface area contributed by atoms with Crippen molar-refractivity contribution < 1.29 is 0 Å². The lowest BCUT2D eigenvalue weighted by molar-refractivity contribution is -0.0110. The third-order valence-corrected chi connectivity index (χ3v) is 6.60. The molecular formula is C22H29N3. The summed E-state index contributed by atoms with van der Waals surface area (Å²) in [4.78, 5) is 6.51. The van der Waals surface area contributed by atoms with E-state index in [1.54, 1.807) is 0 Å². The fourth-order valence-electron chi connectivity index (χ4n) is 5.48.